The van der Waals surface area contributed by atoms with Gasteiger partial charge in [-0.3, -0.25) is 4.79 Å². The molecule has 6 nitrogen and oxygen atoms in total. The third-order valence-electron chi connectivity index (χ3n) is 2.62. The molecule has 0 aliphatic rings. The lowest BCUT2D eigenvalue weighted by molar-refractivity contribution is -0.134. The summed E-state index contributed by atoms with van der Waals surface area (Å²) in [4.78, 5) is 19.0. The predicted molar refractivity (Wildman–Crippen MR) is 74.9 cm³/mol. The Bertz CT molecular complexity index is 629. The molecule has 0 bridgehead atoms. The number of anilines is 1. The number of rotatable bonds is 5. The van der Waals surface area contributed by atoms with Gasteiger partial charge in [0.25, 0.3) is 0 Å². The number of aromatic nitrogens is 2. The number of carboxylic acids is 1. The Hall–Kier alpha value is -2.63. The van der Waals surface area contributed by atoms with Gasteiger partial charge in [0.15, 0.2) is 0 Å². The van der Waals surface area contributed by atoms with Crippen LogP contribution in [-0.2, 0) is 4.79 Å². The Kier molecular flexibility index (Phi) is 4.14. The van der Waals surface area contributed by atoms with Crippen LogP contribution in [0.2, 0.25) is 0 Å². The lowest BCUT2D eigenvalue weighted by Crippen LogP contribution is -2.14. The fourth-order valence-electron chi connectivity index (χ4n) is 1.73. The van der Waals surface area contributed by atoms with Crippen LogP contribution in [0.15, 0.2) is 30.3 Å². The number of nitrogens with one attached hydrogen (secondary N) is 1. The molecule has 2 N–H and O–H groups in total. The highest BCUT2D eigenvalue weighted by molar-refractivity contribution is 5.72. The van der Waals surface area contributed by atoms with Crippen molar-refractivity contribution in [1.82, 2.24) is 9.97 Å². The van der Waals surface area contributed by atoms with Crippen LogP contribution in [0.25, 0.3) is 11.3 Å². The number of nitrogens with zero attached hydrogens (tertiary/aromatic N) is 2. The van der Waals surface area contributed by atoms with Gasteiger partial charge in [0, 0.05) is 11.3 Å². The molecule has 0 aliphatic carbocycles. The van der Waals surface area contributed by atoms with E-state index >= 15 is 0 Å². The molecule has 20 heavy (non-hydrogen) atoms. The van der Waals surface area contributed by atoms with Crippen LogP contribution in [0.1, 0.15) is 5.69 Å². The molecule has 1 heterocycles. The van der Waals surface area contributed by atoms with Crippen molar-refractivity contribution in [1.29, 1.82) is 0 Å². The van der Waals surface area contributed by atoms with E-state index in [-0.39, 0.29) is 6.54 Å². The number of carboxylic acid groups (broad SMARTS) is 1. The fourth-order valence-corrected chi connectivity index (χ4v) is 1.73. The second kappa shape index (κ2) is 6.01. The average molecular weight is 273 g/mol. The Morgan fingerprint density at radius 2 is 2.15 bits per heavy atom. The molecule has 0 atom stereocenters. The first kappa shape index (κ1) is 13.8. The molecule has 0 amide bonds. The van der Waals surface area contributed by atoms with Crippen molar-refractivity contribution in [2.75, 3.05) is 19.0 Å². The van der Waals surface area contributed by atoms with Gasteiger partial charge < -0.3 is 15.2 Å². The van der Waals surface area contributed by atoms with E-state index in [1.54, 1.807) is 7.11 Å². The van der Waals surface area contributed by atoms with Crippen molar-refractivity contribution in [3.63, 3.8) is 0 Å². The smallest absolute Gasteiger partial charge is 0.322 e. The van der Waals surface area contributed by atoms with Gasteiger partial charge in [0.05, 0.1) is 12.8 Å². The normalized spacial score (nSPS) is 10.1. The number of aryl methyl sites for hydroxylation is 1. The zero-order valence-corrected chi connectivity index (χ0v) is 11.3. The lowest BCUT2D eigenvalue weighted by atomic mass is 10.1. The van der Waals surface area contributed by atoms with Crippen molar-refractivity contribution in [2.24, 2.45) is 0 Å². The van der Waals surface area contributed by atoms with Gasteiger partial charge >= 0.3 is 5.97 Å². The molecule has 0 radical (unpaired) electrons. The summed E-state index contributed by atoms with van der Waals surface area (Å²) < 4.78 is 5.18. The summed E-state index contributed by atoms with van der Waals surface area (Å²) in [7, 11) is 1.60. The quantitative estimate of drug-likeness (QED) is 0.866. The molecule has 2 aromatic rings. The van der Waals surface area contributed by atoms with Crippen LogP contribution < -0.4 is 10.1 Å². The summed E-state index contributed by atoms with van der Waals surface area (Å²) in [5.74, 6) is 0.0714. The van der Waals surface area contributed by atoms with Gasteiger partial charge in [-0.15, -0.1) is 0 Å². The highest BCUT2D eigenvalue weighted by atomic mass is 16.5. The van der Waals surface area contributed by atoms with E-state index in [9.17, 15) is 4.79 Å². The predicted octanol–water partition coefficient (Wildman–Crippen LogP) is 1.96. The highest BCUT2D eigenvalue weighted by Gasteiger charge is 2.06. The van der Waals surface area contributed by atoms with E-state index in [1.165, 1.54) is 0 Å². The van der Waals surface area contributed by atoms with Crippen LogP contribution in [0.5, 0.6) is 5.75 Å². The monoisotopic (exact) mass is 273 g/mol. The van der Waals surface area contributed by atoms with E-state index in [0.717, 1.165) is 17.0 Å². The van der Waals surface area contributed by atoms with Crippen LogP contribution >= 0.6 is 0 Å². The van der Waals surface area contributed by atoms with Crippen LogP contribution in [0.4, 0.5) is 5.95 Å². The number of methoxy groups -OCH3 is 1. The number of ether oxygens (including phenoxy) is 1. The molecule has 0 aliphatic heterocycles. The zero-order chi connectivity index (χ0) is 14.5. The number of hydrogen-bond donors (Lipinski definition) is 2. The molecule has 0 saturated heterocycles. The molecule has 0 unspecified atom stereocenters. The molecular weight excluding hydrogens is 258 g/mol. The summed E-state index contributed by atoms with van der Waals surface area (Å²) in [5.41, 5.74) is 2.35. The first-order valence-electron chi connectivity index (χ1n) is 6.04. The van der Waals surface area contributed by atoms with Crippen LogP contribution in [-0.4, -0.2) is 34.7 Å². The summed E-state index contributed by atoms with van der Waals surface area (Å²) in [6, 6.07) is 9.33. The van der Waals surface area contributed by atoms with E-state index in [0.29, 0.717) is 11.6 Å². The van der Waals surface area contributed by atoms with Gasteiger partial charge in [0.1, 0.15) is 12.3 Å². The minimum absolute atomic E-state index is 0.221. The van der Waals surface area contributed by atoms with Gasteiger partial charge in [-0.05, 0) is 25.1 Å². The second-order valence-electron chi connectivity index (χ2n) is 4.20. The third-order valence-corrected chi connectivity index (χ3v) is 2.62. The van der Waals surface area contributed by atoms with Gasteiger partial charge in [-0.1, -0.05) is 12.1 Å². The Morgan fingerprint density at radius 1 is 1.35 bits per heavy atom. The lowest BCUT2D eigenvalue weighted by Gasteiger charge is -2.08. The summed E-state index contributed by atoms with van der Waals surface area (Å²) in [6.07, 6.45) is 0. The van der Waals surface area contributed by atoms with Gasteiger partial charge in [-0.2, -0.15) is 0 Å². The fraction of sp³-hybridized carbons (Fsp3) is 0.214. The summed E-state index contributed by atoms with van der Waals surface area (Å²) >= 11 is 0. The summed E-state index contributed by atoms with van der Waals surface area (Å²) in [6.45, 7) is 1.61. The summed E-state index contributed by atoms with van der Waals surface area (Å²) in [5, 5.41) is 11.3. The largest absolute Gasteiger partial charge is 0.497 e. The molecule has 0 fully saturated rings. The second-order valence-corrected chi connectivity index (χ2v) is 4.20. The first-order valence-corrected chi connectivity index (χ1v) is 6.04. The highest BCUT2D eigenvalue weighted by Crippen LogP contribution is 2.23. The number of benzene rings is 1. The molecule has 104 valence electrons. The van der Waals surface area contributed by atoms with Crippen LogP contribution in [0.3, 0.4) is 0 Å². The molecular formula is C14H15N3O3. The number of hydrogen-bond acceptors (Lipinski definition) is 5. The van der Waals surface area contributed by atoms with E-state index < -0.39 is 5.97 Å². The third kappa shape index (κ3) is 3.44. The number of carbonyl (C=O) groups is 1. The Balaban J connectivity index is 2.33. The van der Waals surface area contributed by atoms with Crippen molar-refractivity contribution in [3.8, 4) is 17.0 Å². The average Bonchev–Trinajstić information content (AvgIpc) is 2.44. The maximum absolute atomic E-state index is 10.6. The van der Waals surface area contributed by atoms with E-state index in [4.69, 9.17) is 9.84 Å². The van der Waals surface area contributed by atoms with E-state index in [1.807, 2.05) is 37.3 Å². The minimum atomic E-state index is -0.960. The molecule has 6 heteroatoms. The zero-order valence-electron chi connectivity index (χ0n) is 11.3. The SMILES string of the molecule is COc1cccc(-c2cc(C)nc(NCC(=O)O)n2)c1. The maximum Gasteiger partial charge on any atom is 0.322 e. The molecule has 1 aromatic heterocycles. The van der Waals surface area contributed by atoms with E-state index in [2.05, 4.69) is 15.3 Å². The van der Waals surface area contributed by atoms with Crippen molar-refractivity contribution in [3.05, 3.63) is 36.0 Å². The van der Waals surface area contributed by atoms with Gasteiger partial charge in [-0.25, -0.2) is 9.97 Å². The Labute approximate surface area is 116 Å². The standard InChI is InChI=1S/C14H15N3O3/c1-9-6-12(10-4-3-5-11(7-10)20-2)17-14(16-9)15-8-13(18)19/h3-7H,8H2,1-2H3,(H,18,19)(H,15,16,17). The number of aliphatic carboxylic acids is 1. The van der Waals surface area contributed by atoms with Crippen molar-refractivity contribution in [2.45, 2.75) is 6.92 Å². The molecule has 1 aromatic carbocycles. The Morgan fingerprint density at radius 3 is 2.85 bits per heavy atom. The van der Waals surface area contributed by atoms with Crippen molar-refractivity contribution < 1.29 is 14.6 Å². The molecule has 0 spiro atoms. The topological polar surface area (TPSA) is 84.3 Å². The van der Waals surface area contributed by atoms with Crippen molar-refractivity contribution >= 4 is 11.9 Å². The first-order chi connectivity index (χ1) is 9.58. The minimum Gasteiger partial charge on any atom is -0.497 e. The molecule has 2 rings (SSSR count). The van der Waals surface area contributed by atoms with Gasteiger partial charge in [0.2, 0.25) is 5.95 Å². The van der Waals surface area contributed by atoms with Crippen LogP contribution in [0, 0.1) is 6.92 Å². The molecule has 0 saturated carbocycles. The maximum atomic E-state index is 10.6.